The molecule has 2 amide bonds. The van der Waals surface area contributed by atoms with Crippen molar-refractivity contribution in [3.05, 3.63) is 52.5 Å². The summed E-state index contributed by atoms with van der Waals surface area (Å²) in [4.78, 5) is 37.4. The van der Waals surface area contributed by atoms with Crippen LogP contribution in [0.5, 0.6) is 0 Å². The van der Waals surface area contributed by atoms with E-state index in [2.05, 4.69) is 15.9 Å². The van der Waals surface area contributed by atoms with E-state index in [-0.39, 0.29) is 11.3 Å². The van der Waals surface area contributed by atoms with Crippen LogP contribution in [0.1, 0.15) is 24.2 Å². The molecule has 0 radical (unpaired) electrons. The first-order chi connectivity index (χ1) is 11.3. The number of amides is 2. The summed E-state index contributed by atoms with van der Waals surface area (Å²) >= 11 is 4.71. The number of halogens is 1. The Kier molecular flexibility index (Phi) is 5.80. The van der Waals surface area contributed by atoms with E-state index in [4.69, 9.17) is 0 Å². The Balaban J connectivity index is 2.53. The Morgan fingerprint density at radius 3 is 2.08 bits per heavy atom. The van der Waals surface area contributed by atoms with Crippen molar-refractivity contribution in [2.45, 2.75) is 23.6 Å². The Morgan fingerprint density at radius 2 is 1.58 bits per heavy atom. The molecule has 0 aliphatic carbocycles. The number of imide groups is 1. The number of benzene rings is 2. The fraction of sp³-hybridized carbons (Fsp3) is 0.118. The number of hydrogen-bond donors (Lipinski definition) is 1. The fourth-order valence-corrected chi connectivity index (χ4v) is 3.28. The van der Waals surface area contributed by atoms with Gasteiger partial charge < -0.3 is 5.11 Å². The third-order valence-electron chi connectivity index (χ3n) is 3.12. The molecule has 1 N–H and O–H groups in total. The molecule has 0 spiro atoms. The summed E-state index contributed by atoms with van der Waals surface area (Å²) in [6, 6.07) is 11.9. The van der Waals surface area contributed by atoms with Crippen LogP contribution in [0, 0.1) is 0 Å². The van der Waals surface area contributed by atoms with Gasteiger partial charge in [0, 0.05) is 28.1 Å². The maximum Gasteiger partial charge on any atom is 0.335 e. The minimum atomic E-state index is -1.12. The van der Waals surface area contributed by atoms with Crippen molar-refractivity contribution in [1.29, 1.82) is 0 Å². The Bertz CT molecular complexity index is 791. The Morgan fingerprint density at radius 1 is 1.00 bits per heavy atom. The quantitative estimate of drug-likeness (QED) is 0.821. The summed E-state index contributed by atoms with van der Waals surface area (Å²) in [6.45, 7) is 2.53. The van der Waals surface area contributed by atoms with E-state index in [1.807, 2.05) is 24.3 Å². The number of carboxylic acid groups (broad SMARTS) is 1. The van der Waals surface area contributed by atoms with Crippen molar-refractivity contribution in [3.8, 4) is 0 Å². The second kappa shape index (κ2) is 7.63. The summed E-state index contributed by atoms with van der Waals surface area (Å²) in [5, 5.41) is 9.18. The average Bonchev–Trinajstić information content (AvgIpc) is 2.50. The smallest absolute Gasteiger partial charge is 0.335 e. The van der Waals surface area contributed by atoms with E-state index in [9.17, 15) is 19.5 Å². The van der Waals surface area contributed by atoms with Gasteiger partial charge in [0.1, 0.15) is 0 Å². The van der Waals surface area contributed by atoms with Gasteiger partial charge in [-0.2, -0.15) is 0 Å². The lowest BCUT2D eigenvalue weighted by Gasteiger charge is -2.21. The minimum absolute atomic E-state index is 0.0117. The standard InChI is InChI=1S/C17H14BrNO4S/c1-10(20)19(11(2)21)15-9-12(17(22)23)3-8-16(15)24-14-6-4-13(18)5-7-14/h3-9H,1-2H3,(H,22,23). The van der Waals surface area contributed by atoms with Crippen molar-refractivity contribution in [2.24, 2.45) is 0 Å². The van der Waals surface area contributed by atoms with Crippen LogP contribution >= 0.6 is 27.7 Å². The van der Waals surface area contributed by atoms with Crippen molar-refractivity contribution in [3.63, 3.8) is 0 Å². The fourth-order valence-electron chi connectivity index (χ4n) is 2.10. The van der Waals surface area contributed by atoms with Gasteiger partial charge in [0.25, 0.3) is 0 Å². The number of carboxylic acids is 1. The van der Waals surface area contributed by atoms with Crippen LogP contribution in [0.2, 0.25) is 0 Å². The molecule has 0 bridgehead atoms. The zero-order chi connectivity index (χ0) is 17.9. The second-order valence-electron chi connectivity index (χ2n) is 4.92. The number of carbonyl (C=O) groups is 3. The van der Waals surface area contributed by atoms with Gasteiger partial charge in [-0.3, -0.25) is 9.59 Å². The number of aromatic carboxylic acids is 1. The van der Waals surface area contributed by atoms with Crippen LogP contribution in [-0.2, 0) is 9.59 Å². The van der Waals surface area contributed by atoms with Crippen molar-refractivity contribution >= 4 is 51.2 Å². The highest BCUT2D eigenvalue weighted by Gasteiger charge is 2.22. The number of hydrogen-bond acceptors (Lipinski definition) is 4. The van der Waals surface area contributed by atoms with Gasteiger partial charge in [-0.25, -0.2) is 9.69 Å². The molecule has 0 saturated carbocycles. The third-order valence-corrected chi connectivity index (χ3v) is 4.72. The van der Waals surface area contributed by atoms with E-state index in [0.717, 1.165) is 14.3 Å². The van der Waals surface area contributed by atoms with Crippen LogP contribution in [0.15, 0.2) is 56.7 Å². The highest BCUT2D eigenvalue weighted by Crippen LogP contribution is 2.37. The molecule has 0 fully saturated rings. The molecule has 24 heavy (non-hydrogen) atoms. The van der Waals surface area contributed by atoms with Crippen molar-refractivity contribution in [2.75, 3.05) is 4.90 Å². The molecule has 0 saturated heterocycles. The van der Waals surface area contributed by atoms with E-state index < -0.39 is 17.8 Å². The molecule has 2 rings (SSSR count). The average molecular weight is 408 g/mol. The van der Waals surface area contributed by atoms with E-state index in [1.165, 1.54) is 37.7 Å². The van der Waals surface area contributed by atoms with E-state index in [1.54, 1.807) is 6.07 Å². The molecule has 0 unspecified atom stereocenters. The highest BCUT2D eigenvalue weighted by molar-refractivity contribution is 9.10. The van der Waals surface area contributed by atoms with Gasteiger partial charge in [-0.15, -0.1) is 0 Å². The van der Waals surface area contributed by atoms with Crippen LogP contribution in [0.3, 0.4) is 0 Å². The third kappa shape index (κ3) is 4.24. The zero-order valence-corrected chi connectivity index (χ0v) is 15.3. The van der Waals surface area contributed by atoms with Gasteiger partial charge in [0.2, 0.25) is 11.8 Å². The number of anilines is 1. The first kappa shape index (κ1) is 18.2. The second-order valence-corrected chi connectivity index (χ2v) is 6.95. The summed E-state index contributed by atoms with van der Waals surface area (Å²) in [6.07, 6.45) is 0. The van der Waals surface area contributed by atoms with Gasteiger partial charge >= 0.3 is 5.97 Å². The highest BCUT2D eigenvalue weighted by atomic mass is 79.9. The molecule has 2 aromatic rings. The van der Waals surface area contributed by atoms with Gasteiger partial charge in [0.05, 0.1) is 11.3 Å². The SMILES string of the molecule is CC(=O)N(C(C)=O)c1cc(C(=O)O)ccc1Sc1ccc(Br)cc1. The molecule has 0 aliphatic rings. The number of carbonyl (C=O) groups excluding carboxylic acids is 2. The lowest BCUT2D eigenvalue weighted by Crippen LogP contribution is -2.33. The molecule has 7 heteroatoms. The Hall–Kier alpha value is -2.12. The van der Waals surface area contributed by atoms with Gasteiger partial charge in [-0.1, -0.05) is 27.7 Å². The Labute approximate surface area is 151 Å². The number of nitrogens with zero attached hydrogens (tertiary/aromatic N) is 1. The van der Waals surface area contributed by atoms with Crippen molar-refractivity contribution in [1.82, 2.24) is 0 Å². The van der Waals surface area contributed by atoms with E-state index in [0.29, 0.717) is 4.90 Å². The van der Waals surface area contributed by atoms with Gasteiger partial charge in [-0.05, 0) is 42.5 Å². The molecule has 2 aromatic carbocycles. The maximum absolute atomic E-state index is 11.9. The monoisotopic (exact) mass is 407 g/mol. The zero-order valence-electron chi connectivity index (χ0n) is 12.9. The topological polar surface area (TPSA) is 74.7 Å². The normalized spacial score (nSPS) is 10.3. The first-order valence-corrected chi connectivity index (χ1v) is 8.52. The molecule has 0 atom stereocenters. The molecule has 0 heterocycles. The van der Waals surface area contributed by atoms with Crippen LogP contribution in [0.25, 0.3) is 0 Å². The van der Waals surface area contributed by atoms with E-state index >= 15 is 0 Å². The van der Waals surface area contributed by atoms with Crippen LogP contribution < -0.4 is 4.90 Å². The van der Waals surface area contributed by atoms with Gasteiger partial charge in [0.15, 0.2) is 0 Å². The van der Waals surface area contributed by atoms with Crippen molar-refractivity contribution < 1.29 is 19.5 Å². The largest absolute Gasteiger partial charge is 0.478 e. The molecule has 0 aliphatic heterocycles. The molecule has 5 nitrogen and oxygen atoms in total. The van der Waals surface area contributed by atoms with Crippen LogP contribution in [0.4, 0.5) is 5.69 Å². The lowest BCUT2D eigenvalue weighted by atomic mass is 10.2. The predicted octanol–water partition coefficient (Wildman–Crippen LogP) is 4.20. The molecular weight excluding hydrogens is 394 g/mol. The number of rotatable bonds is 4. The maximum atomic E-state index is 11.9. The first-order valence-electron chi connectivity index (χ1n) is 6.91. The summed E-state index contributed by atoms with van der Waals surface area (Å²) in [5.41, 5.74) is 0.278. The molecule has 0 aromatic heterocycles. The predicted molar refractivity (Wildman–Crippen MR) is 95.5 cm³/mol. The summed E-state index contributed by atoms with van der Waals surface area (Å²) < 4.78 is 0.933. The lowest BCUT2D eigenvalue weighted by molar-refractivity contribution is -0.124. The summed E-state index contributed by atoms with van der Waals surface area (Å²) in [7, 11) is 0. The molecule has 124 valence electrons. The van der Waals surface area contributed by atoms with Crippen LogP contribution in [-0.4, -0.2) is 22.9 Å². The minimum Gasteiger partial charge on any atom is -0.478 e. The summed E-state index contributed by atoms with van der Waals surface area (Å²) in [5.74, 6) is -2.06. The molecular formula is C17H14BrNO4S.